The fourth-order valence-electron chi connectivity index (χ4n) is 3.94. The van der Waals surface area contributed by atoms with Crippen LogP contribution in [0.2, 0.25) is 0 Å². The highest BCUT2D eigenvalue weighted by molar-refractivity contribution is 5.95. The smallest absolute Gasteiger partial charge is 0.338 e. The first-order valence-electron chi connectivity index (χ1n) is 13.1. The molecule has 0 spiro atoms. The molecular weight excluding hydrogens is 400 g/mol. The summed E-state index contributed by atoms with van der Waals surface area (Å²) in [6, 6.07) is 6.69. The highest BCUT2D eigenvalue weighted by atomic mass is 16.5. The van der Waals surface area contributed by atoms with Gasteiger partial charge in [0.1, 0.15) is 0 Å². The molecule has 0 aromatic heterocycles. The summed E-state index contributed by atoms with van der Waals surface area (Å²) in [5, 5.41) is 0. The molecule has 0 radical (unpaired) electrons. The van der Waals surface area contributed by atoms with E-state index in [2.05, 4.69) is 20.8 Å². The lowest BCUT2D eigenvalue weighted by molar-refractivity contribution is 0.0423. The van der Waals surface area contributed by atoms with Crippen LogP contribution < -0.4 is 0 Å². The van der Waals surface area contributed by atoms with E-state index in [1.54, 1.807) is 24.3 Å². The topological polar surface area (TPSA) is 52.6 Å². The predicted molar refractivity (Wildman–Crippen MR) is 132 cm³/mol. The highest BCUT2D eigenvalue weighted by Gasteiger charge is 2.15. The zero-order chi connectivity index (χ0) is 23.4. The molecule has 1 aromatic rings. The van der Waals surface area contributed by atoms with Crippen molar-refractivity contribution in [1.82, 2.24) is 0 Å². The normalized spacial score (nSPS) is 11.8. The Morgan fingerprint density at radius 3 is 1.88 bits per heavy atom. The third kappa shape index (κ3) is 12.9. The van der Waals surface area contributed by atoms with E-state index in [0.29, 0.717) is 30.3 Å². The molecule has 0 saturated carbocycles. The number of hydrogen-bond donors (Lipinski definition) is 0. The molecule has 0 bridgehead atoms. The van der Waals surface area contributed by atoms with Crippen molar-refractivity contribution >= 4 is 11.9 Å². The molecule has 0 amide bonds. The Balaban J connectivity index is 2.37. The first kappa shape index (κ1) is 28.2. The molecular formula is C28H46O4. The van der Waals surface area contributed by atoms with Gasteiger partial charge < -0.3 is 9.47 Å². The van der Waals surface area contributed by atoms with Gasteiger partial charge in [-0.1, -0.05) is 97.5 Å². The molecule has 1 atom stereocenters. The Morgan fingerprint density at radius 1 is 0.688 bits per heavy atom. The molecule has 1 unspecified atom stereocenters. The van der Waals surface area contributed by atoms with E-state index in [-0.39, 0.29) is 11.9 Å². The maximum Gasteiger partial charge on any atom is 0.338 e. The van der Waals surface area contributed by atoms with Gasteiger partial charge in [0.25, 0.3) is 0 Å². The fourth-order valence-corrected chi connectivity index (χ4v) is 3.94. The first-order valence-corrected chi connectivity index (χ1v) is 13.1. The van der Waals surface area contributed by atoms with Crippen molar-refractivity contribution in [2.24, 2.45) is 5.92 Å². The van der Waals surface area contributed by atoms with E-state index in [1.165, 1.54) is 57.8 Å². The van der Waals surface area contributed by atoms with E-state index in [0.717, 1.165) is 32.1 Å². The molecule has 1 rings (SSSR count). The molecule has 0 saturated heterocycles. The summed E-state index contributed by atoms with van der Waals surface area (Å²) < 4.78 is 11.0. The molecule has 0 aliphatic heterocycles. The Labute approximate surface area is 196 Å². The molecule has 4 nitrogen and oxygen atoms in total. The van der Waals surface area contributed by atoms with Gasteiger partial charge in [0.2, 0.25) is 0 Å². The van der Waals surface area contributed by atoms with Crippen LogP contribution in [0.25, 0.3) is 0 Å². The number of unbranched alkanes of at least 4 members (excludes halogenated alkanes) is 9. The van der Waals surface area contributed by atoms with E-state index in [4.69, 9.17) is 9.47 Å². The molecule has 0 fully saturated rings. The van der Waals surface area contributed by atoms with Crippen LogP contribution in [0.15, 0.2) is 24.3 Å². The lowest BCUT2D eigenvalue weighted by Crippen LogP contribution is -2.15. The monoisotopic (exact) mass is 446 g/mol. The van der Waals surface area contributed by atoms with E-state index >= 15 is 0 Å². The van der Waals surface area contributed by atoms with Gasteiger partial charge in [0, 0.05) is 0 Å². The maximum absolute atomic E-state index is 12.5. The molecule has 182 valence electrons. The summed E-state index contributed by atoms with van der Waals surface area (Å²) in [5.41, 5.74) is 0.822. The van der Waals surface area contributed by atoms with Crippen molar-refractivity contribution in [2.75, 3.05) is 13.2 Å². The van der Waals surface area contributed by atoms with Crippen molar-refractivity contribution < 1.29 is 19.1 Å². The van der Waals surface area contributed by atoms with Crippen LogP contribution in [0.5, 0.6) is 0 Å². The zero-order valence-corrected chi connectivity index (χ0v) is 20.8. The minimum atomic E-state index is -0.369. The number of esters is 2. The van der Waals surface area contributed by atoms with Crippen LogP contribution in [0, 0.1) is 5.92 Å². The van der Waals surface area contributed by atoms with Gasteiger partial charge >= 0.3 is 11.9 Å². The standard InChI is InChI=1S/C28H46O4/c1-4-7-9-10-11-12-13-15-21-31-27(29)25-19-16-20-26(22-25)28(30)32-23-24(17-6-3)18-14-8-5-2/h16,19-20,22,24H,4-15,17-18,21,23H2,1-3H3. The van der Waals surface area contributed by atoms with Crippen molar-refractivity contribution in [1.29, 1.82) is 0 Å². The maximum atomic E-state index is 12.5. The fraction of sp³-hybridized carbons (Fsp3) is 0.714. The minimum Gasteiger partial charge on any atom is -0.462 e. The number of benzene rings is 1. The quantitative estimate of drug-likeness (QED) is 0.159. The molecule has 4 heteroatoms. The lowest BCUT2D eigenvalue weighted by atomic mass is 9.97. The zero-order valence-electron chi connectivity index (χ0n) is 20.8. The summed E-state index contributed by atoms with van der Waals surface area (Å²) in [5.74, 6) is -0.319. The van der Waals surface area contributed by atoms with Crippen LogP contribution in [-0.2, 0) is 9.47 Å². The second-order valence-corrected chi connectivity index (χ2v) is 8.94. The van der Waals surface area contributed by atoms with Gasteiger partial charge in [0.05, 0.1) is 24.3 Å². The molecule has 0 aliphatic carbocycles. The Morgan fingerprint density at radius 2 is 1.25 bits per heavy atom. The number of hydrogen-bond acceptors (Lipinski definition) is 4. The van der Waals surface area contributed by atoms with Gasteiger partial charge in [-0.05, 0) is 43.4 Å². The van der Waals surface area contributed by atoms with Gasteiger partial charge in [-0.3, -0.25) is 0 Å². The number of rotatable bonds is 19. The van der Waals surface area contributed by atoms with Crippen molar-refractivity contribution in [2.45, 2.75) is 111 Å². The van der Waals surface area contributed by atoms with Crippen LogP contribution >= 0.6 is 0 Å². The average molecular weight is 447 g/mol. The molecule has 0 aliphatic rings. The van der Waals surface area contributed by atoms with Crippen LogP contribution in [-0.4, -0.2) is 25.2 Å². The SMILES string of the molecule is CCCCCCCCCCOC(=O)c1cccc(C(=O)OCC(CCC)CCCCC)c1. The van der Waals surface area contributed by atoms with Crippen molar-refractivity contribution in [3.63, 3.8) is 0 Å². The number of ether oxygens (including phenoxy) is 2. The van der Waals surface area contributed by atoms with Gasteiger partial charge in [0.15, 0.2) is 0 Å². The second-order valence-electron chi connectivity index (χ2n) is 8.94. The van der Waals surface area contributed by atoms with E-state index in [9.17, 15) is 9.59 Å². The second kappa shape index (κ2) is 18.7. The molecule has 1 aromatic carbocycles. The molecule has 0 N–H and O–H groups in total. The third-order valence-corrected chi connectivity index (χ3v) is 5.93. The average Bonchev–Trinajstić information content (AvgIpc) is 2.81. The Hall–Kier alpha value is -1.84. The first-order chi connectivity index (χ1) is 15.6. The number of carbonyl (C=O) groups excluding carboxylic acids is 2. The van der Waals surface area contributed by atoms with Crippen LogP contribution in [0.4, 0.5) is 0 Å². The molecule has 0 heterocycles. The van der Waals surface area contributed by atoms with Crippen LogP contribution in [0.1, 0.15) is 131 Å². The Bertz CT molecular complexity index is 626. The summed E-state index contributed by atoms with van der Waals surface area (Å²) in [7, 11) is 0. The summed E-state index contributed by atoms with van der Waals surface area (Å²) >= 11 is 0. The molecule has 32 heavy (non-hydrogen) atoms. The summed E-state index contributed by atoms with van der Waals surface area (Å²) in [6.07, 6.45) is 16.5. The highest BCUT2D eigenvalue weighted by Crippen LogP contribution is 2.17. The van der Waals surface area contributed by atoms with E-state index in [1.807, 2.05) is 0 Å². The van der Waals surface area contributed by atoms with Gasteiger partial charge in [-0.2, -0.15) is 0 Å². The van der Waals surface area contributed by atoms with Gasteiger partial charge in [-0.25, -0.2) is 9.59 Å². The third-order valence-electron chi connectivity index (χ3n) is 5.93. The van der Waals surface area contributed by atoms with E-state index < -0.39 is 0 Å². The predicted octanol–water partition coefficient (Wildman–Crippen LogP) is 8.14. The minimum absolute atomic E-state index is 0.362. The summed E-state index contributed by atoms with van der Waals surface area (Å²) in [6.45, 7) is 7.47. The summed E-state index contributed by atoms with van der Waals surface area (Å²) in [4.78, 5) is 24.9. The van der Waals surface area contributed by atoms with Crippen molar-refractivity contribution in [3.8, 4) is 0 Å². The Kier molecular flexibility index (Phi) is 16.5. The number of carbonyl (C=O) groups is 2. The lowest BCUT2D eigenvalue weighted by Gasteiger charge is -2.16. The van der Waals surface area contributed by atoms with Gasteiger partial charge in [-0.15, -0.1) is 0 Å². The largest absolute Gasteiger partial charge is 0.462 e. The van der Waals surface area contributed by atoms with Crippen molar-refractivity contribution in [3.05, 3.63) is 35.4 Å². The van der Waals surface area contributed by atoms with Crippen LogP contribution in [0.3, 0.4) is 0 Å².